The van der Waals surface area contributed by atoms with Crippen LogP contribution in [0.1, 0.15) is 45.3 Å². The fraction of sp³-hybridized carbons (Fsp3) is 0.545. The molecule has 0 radical (unpaired) electrons. The minimum atomic E-state index is -0.0217. The number of thiazole rings is 1. The molecular weight excluding hydrogens is 368 g/mol. The number of amides is 1. The number of nitrogens with one attached hydrogen (secondary N) is 1. The van der Waals surface area contributed by atoms with Crippen LogP contribution in [0.15, 0.2) is 24.3 Å². The smallest absolute Gasteiger partial charge is 0.263 e. The second-order valence-corrected chi connectivity index (χ2v) is 9.28. The standard InChI is InChI=1S/C22H32N4OS/c1-16(2)13-20-24-17(3)21(28-20)22(27)23-14-18-5-7-19(8-6-18)15-26-11-9-25(4)10-12-26/h5-8,16H,9-15H2,1-4H3,(H,23,27). The first-order valence-electron chi connectivity index (χ1n) is 10.1. The van der Waals surface area contributed by atoms with Crippen LogP contribution in [0.3, 0.4) is 0 Å². The molecule has 0 unspecified atom stereocenters. The zero-order valence-corrected chi connectivity index (χ0v) is 18.3. The van der Waals surface area contributed by atoms with Crippen molar-refractivity contribution in [3.63, 3.8) is 0 Å². The van der Waals surface area contributed by atoms with Crippen LogP contribution in [0.5, 0.6) is 0 Å². The minimum Gasteiger partial charge on any atom is -0.347 e. The molecule has 2 heterocycles. The van der Waals surface area contributed by atoms with Crippen LogP contribution < -0.4 is 5.32 Å². The highest BCUT2D eigenvalue weighted by atomic mass is 32.1. The molecule has 1 aliphatic heterocycles. The number of aromatic nitrogens is 1. The molecule has 152 valence electrons. The Morgan fingerprint density at radius 1 is 1.14 bits per heavy atom. The number of hydrogen-bond acceptors (Lipinski definition) is 5. The van der Waals surface area contributed by atoms with Crippen molar-refractivity contribution in [2.75, 3.05) is 33.2 Å². The van der Waals surface area contributed by atoms with Gasteiger partial charge in [-0.25, -0.2) is 4.98 Å². The molecule has 6 heteroatoms. The summed E-state index contributed by atoms with van der Waals surface area (Å²) in [5.41, 5.74) is 3.29. The SMILES string of the molecule is Cc1nc(CC(C)C)sc1C(=O)NCc1ccc(CN2CCN(C)CC2)cc1. The summed E-state index contributed by atoms with van der Waals surface area (Å²) >= 11 is 1.52. The van der Waals surface area contributed by atoms with E-state index in [0.29, 0.717) is 12.5 Å². The third-order valence-corrected chi connectivity index (χ3v) is 6.29. The van der Waals surface area contributed by atoms with E-state index in [1.807, 2.05) is 6.92 Å². The highest BCUT2D eigenvalue weighted by molar-refractivity contribution is 7.13. The van der Waals surface area contributed by atoms with Crippen molar-refractivity contribution in [1.82, 2.24) is 20.1 Å². The van der Waals surface area contributed by atoms with Gasteiger partial charge in [-0.1, -0.05) is 38.1 Å². The van der Waals surface area contributed by atoms with E-state index in [1.165, 1.54) is 16.9 Å². The van der Waals surface area contributed by atoms with Crippen molar-refractivity contribution in [2.24, 2.45) is 5.92 Å². The number of hydrogen-bond donors (Lipinski definition) is 1. The summed E-state index contributed by atoms with van der Waals surface area (Å²) in [7, 11) is 2.18. The van der Waals surface area contributed by atoms with Gasteiger partial charge in [-0.3, -0.25) is 9.69 Å². The molecule has 0 bridgehead atoms. The Kier molecular flexibility index (Phi) is 7.21. The zero-order valence-electron chi connectivity index (χ0n) is 17.5. The maximum Gasteiger partial charge on any atom is 0.263 e. The van der Waals surface area contributed by atoms with Gasteiger partial charge in [0.2, 0.25) is 0 Å². The van der Waals surface area contributed by atoms with E-state index in [-0.39, 0.29) is 5.91 Å². The molecule has 1 N–H and O–H groups in total. The Hall–Kier alpha value is -1.76. The number of aryl methyl sites for hydroxylation is 1. The Bertz CT molecular complexity index is 776. The Morgan fingerprint density at radius 3 is 2.43 bits per heavy atom. The largest absolute Gasteiger partial charge is 0.347 e. The quantitative estimate of drug-likeness (QED) is 0.775. The monoisotopic (exact) mass is 400 g/mol. The number of rotatable bonds is 7. The lowest BCUT2D eigenvalue weighted by Gasteiger charge is -2.32. The topological polar surface area (TPSA) is 48.5 Å². The van der Waals surface area contributed by atoms with E-state index in [0.717, 1.165) is 60.3 Å². The third kappa shape index (κ3) is 5.87. The summed E-state index contributed by atoms with van der Waals surface area (Å²) in [4.78, 5) is 22.7. The van der Waals surface area contributed by atoms with Crippen molar-refractivity contribution in [3.05, 3.63) is 51.0 Å². The fourth-order valence-corrected chi connectivity index (χ4v) is 4.58. The molecule has 1 amide bonds. The van der Waals surface area contributed by atoms with Gasteiger partial charge >= 0.3 is 0 Å². The van der Waals surface area contributed by atoms with Crippen molar-refractivity contribution in [3.8, 4) is 0 Å². The summed E-state index contributed by atoms with van der Waals surface area (Å²) < 4.78 is 0. The minimum absolute atomic E-state index is 0.0217. The summed E-state index contributed by atoms with van der Waals surface area (Å²) in [6, 6.07) is 8.60. The van der Waals surface area contributed by atoms with Gasteiger partial charge in [0.05, 0.1) is 10.7 Å². The first kappa shape index (κ1) is 21.0. The molecular formula is C22H32N4OS. The molecule has 28 heavy (non-hydrogen) atoms. The van der Waals surface area contributed by atoms with Gasteiger partial charge in [0.15, 0.2) is 0 Å². The lowest BCUT2D eigenvalue weighted by atomic mass is 10.1. The van der Waals surface area contributed by atoms with Crippen LogP contribution >= 0.6 is 11.3 Å². The van der Waals surface area contributed by atoms with Crippen LogP contribution in [-0.2, 0) is 19.5 Å². The molecule has 3 rings (SSSR count). The molecule has 0 atom stereocenters. The molecule has 1 saturated heterocycles. The maximum absolute atomic E-state index is 12.5. The van der Waals surface area contributed by atoms with E-state index in [4.69, 9.17) is 0 Å². The van der Waals surface area contributed by atoms with Crippen molar-refractivity contribution in [2.45, 2.75) is 40.3 Å². The Balaban J connectivity index is 1.50. The van der Waals surface area contributed by atoms with Crippen LogP contribution in [0.25, 0.3) is 0 Å². The molecule has 0 aliphatic carbocycles. The number of likely N-dealkylation sites (N-methyl/N-ethyl adjacent to an activating group) is 1. The van der Waals surface area contributed by atoms with Gasteiger partial charge in [0, 0.05) is 45.7 Å². The van der Waals surface area contributed by atoms with Crippen molar-refractivity contribution < 1.29 is 4.79 Å². The van der Waals surface area contributed by atoms with Crippen LogP contribution in [0.2, 0.25) is 0 Å². The lowest BCUT2D eigenvalue weighted by Crippen LogP contribution is -2.43. The summed E-state index contributed by atoms with van der Waals surface area (Å²) in [5, 5.41) is 4.09. The van der Waals surface area contributed by atoms with Crippen LogP contribution in [0, 0.1) is 12.8 Å². The second-order valence-electron chi connectivity index (χ2n) is 8.20. The zero-order chi connectivity index (χ0) is 20.1. The average molecular weight is 401 g/mol. The molecule has 5 nitrogen and oxygen atoms in total. The first-order chi connectivity index (χ1) is 13.4. The molecule has 0 spiro atoms. The predicted octanol–water partition coefficient (Wildman–Crippen LogP) is 3.33. The number of nitrogens with zero attached hydrogens (tertiary/aromatic N) is 3. The molecule has 1 aliphatic rings. The molecule has 2 aromatic rings. The summed E-state index contributed by atoms with van der Waals surface area (Å²) in [6.45, 7) is 12.3. The number of carbonyl (C=O) groups excluding carboxylic acids is 1. The lowest BCUT2D eigenvalue weighted by molar-refractivity contribution is 0.0954. The fourth-order valence-electron chi connectivity index (χ4n) is 3.39. The van der Waals surface area contributed by atoms with Crippen molar-refractivity contribution >= 4 is 17.2 Å². The predicted molar refractivity (Wildman–Crippen MR) is 116 cm³/mol. The van der Waals surface area contributed by atoms with Crippen molar-refractivity contribution in [1.29, 1.82) is 0 Å². The third-order valence-electron chi connectivity index (χ3n) is 5.11. The van der Waals surface area contributed by atoms with Gasteiger partial charge in [-0.2, -0.15) is 0 Å². The molecule has 1 aromatic carbocycles. The highest BCUT2D eigenvalue weighted by Crippen LogP contribution is 2.21. The van der Waals surface area contributed by atoms with E-state index in [2.05, 4.69) is 65.3 Å². The first-order valence-corrected chi connectivity index (χ1v) is 11.0. The number of carbonyl (C=O) groups is 1. The normalized spacial score (nSPS) is 15.9. The van der Waals surface area contributed by atoms with E-state index < -0.39 is 0 Å². The van der Waals surface area contributed by atoms with Gasteiger partial charge < -0.3 is 10.2 Å². The van der Waals surface area contributed by atoms with Gasteiger partial charge in [0.25, 0.3) is 5.91 Å². The molecule has 0 saturated carbocycles. The second kappa shape index (κ2) is 9.63. The maximum atomic E-state index is 12.5. The summed E-state index contributed by atoms with van der Waals surface area (Å²) in [6.07, 6.45) is 0.924. The van der Waals surface area contributed by atoms with Gasteiger partial charge in [-0.05, 0) is 31.0 Å². The van der Waals surface area contributed by atoms with Crippen LogP contribution in [-0.4, -0.2) is 53.9 Å². The van der Waals surface area contributed by atoms with E-state index in [9.17, 15) is 4.79 Å². The highest BCUT2D eigenvalue weighted by Gasteiger charge is 2.16. The van der Waals surface area contributed by atoms with Gasteiger partial charge in [-0.15, -0.1) is 11.3 Å². The summed E-state index contributed by atoms with van der Waals surface area (Å²) in [5.74, 6) is 0.525. The molecule has 1 fully saturated rings. The number of piperazine rings is 1. The van der Waals surface area contributed by atoms with E-state index >= 15 is 0 Å². The molecule has 1 aromatic heterocycles. The van der Waals surface area contributed by atoms with E-state index in [1.54, 1.807) is 0 Å². The van der Waals surface area contributed by atoms with Crippen LogP contribution in [0.4, 0.5) is 0 Å². The van der Waals surface area contributed by atoms with Gasteiger partial charge in [0.1, 0.15) is 4.88 Å². The Labute approximate surface area is 172 Å². The Morgan fingerprint density at radius 2 is 1.79 bits per heavy atom. The average Bonchev–Trinajstić information content (AvgIpc) is 3.02. The number of benzene rings is 1.